The van der Waals surface area contributed by atoms with Crippen molar-refractivity contribution in [1.82, 2.24) is 4.90 Å². The van der Waals surface area contributed by atoms with Crippen molar-refractivity contribution in [2.24, 2.45) is 0 Å². The van der Waals surface area contributed by atoms with E-state index in [2.05, 4.69) is 5.32 Å². The zero-order valence-electron chi connectivity index (χ0n) is 11.4. The van der Waals surface area contributed by atoms with Gasteiger partial charge in [-0.25, -0.2) is 0 Å². The summed E-state index contributed by atoms with van der Waals surface area (Å²) in [6.07, 6.45) is 0. The second-order valence-electron chi connectivity index (χ2n) is 4.46. The molecule has 0 radical (unpaired) electrons. The standard InChI is InChI=1S/C13H16N2O6/c1-8(16)14-10-2-3-11(17)9(4-10)5-15(6-12(18)19)7-13(20)21/h2-4,17H,5-7H2,1H3,(H,14,16)(H,18,19)(H,20,21). The molecule has 0 aliphatic heterocycles. The highest BCUT2D eigenvalue weighted by Gasteiger charge is 2.16. The third kappa shape index (κ3) is 5.91. The molecule has 0 bridgehead atoms. The van der Waals surface area contributed by atoms with Crippen LogP contribution in [0.3, 0.4) is 0 Å². The Hall–Kier alpha value is -2.61. The molecule has 0 atom stereocenters. The van der Waals surface area contributed by atoms with Crippen LogP contribution in [-0.4, -0.2) is 51.2 Å². The minimum Gasteiger partial charge on any atom is -0.508 e. The second kappa shape index (κ2) is 7.25. The Labute approximate surface area is 120 Å². The number of nitrogens with one attached hydrogen (secondary N) is 1. The van der Waals surface area contributed by atoms with E-state index in [1.54, 1.807) is 0 Å². The molecule has 0 aliphatic carbocycles. The zero-order valence-corrected chi connectivity index (χ0v) is 11.4. The third-order valence-corrected chi connectivity index (χ3v) is 2.51. The van der Waals surface area contributed by atoms with E-state index >= 15 is 0 Å². The van der Waals surface area contributed by atoms with Crippen LogP contribution in [0.5, 0.6) is 5.75 Å². The van der Waals surface area contributed by atoms with E-state index < -0.39 is 25.0 Å². The summed E-state index contributed by atoms with van der Waals surface area (Å²) in [7, 11) is 0. The number of aromatic hydroxyl groups is 1. The number of anilines is 1. The molecule has 0 saturated heterocycles. The van der Waals surface area contributed by atoms with Gasteiger partial charge in [0.25, 0.3) is 0 Å². The molecule has 0 aromatic heterocycles. The first-order chi connectivity index (χ1) is 9.77. The van der Waals surface area contributed by atoms with Crippen LogP contribution in [0.2, 0.25) is 0 Å². The van der Waals surface area contributed by atoms with Gasteiger partial charge in [0.1, 0.15) is 5.75 Å². The highest BCUT2D eigenvalue weighted by molar-refractivity contribution is 5.88. The Morgan fingerprint density at radius 3 is 2.19 bits per heavy atom. The largest absolute Gasteiger partial charge is 0.508 e. The molecule has 0 unspecified atom stereocenters. The van der Waals surface area contributed by atoms with Crippen LogP contribution < -0.4 is 5.32 Å². The lowest BCUT2D eigenvalue weighted by Crippen LogP contribution is -2.34. The lowest BCUT2D eigenvalue weighted by molar-refractivity contribution is -0.142. The molecule has 0 fully saturated rings. The number of benzene rings is 1. The molecule has 0 saturated carbocycles. The number of carbonyl (C=O) groups excluding carboxylic acids is 1. The van der Waals surface area contributed by atoms with Gasteiger partial charge in [0.2, 0.25) is 5.91 Å². The van der Waals surface area contributed by atoms with Crippen LogP contribution >= 0.6 is 0 Å². The number of nitrogens with zero attached hydrogens (tertiary/aromatic N) is 1. The molecule has 8 heteroatoms. The number of carboxylic acids is 2. The van der Waals surface area contributed by atoms with E-state index in [1.807, 2.05) is 0 Å². The van der Waals surface area contributed by atoms with Gasteiger partial charge in [-0.2, -0.15) is 0 Å². The Morgan fingerprint density at radius 2 is 1.71 bits per heavy atom. The number of phenolic OH excluding ortho intramolecular Hbond substituents is 1. The predicted octanol–water partition coefficient (Wildman–Crippen LogP) is 0.322. The smallest absolute Gasteiger partial charge is 0.317 e. The van der Waals surface area contributed by atoms with E-state index in [9.17, 15) is 19.5 Å². The van der Waals surface area contributed by atoms with Gasteiger partial charge in [-0.15, -0.1) is 0 Å². The van der Waals surface area contributed by atoms with Gasteiger partial charge in [0, 0.05) is 24.7 Å². The summed E-state index contributed by atoms with van der Waals surface area (Å²) < 4.78 is 0. The zero-order chi connectivity index (χ0) is 16.0. The van der Waals surface area contributed by atoms with Crippen LogP contribution in [0.15, 0.2) is 18.2 Å². The van der Waals surface area contributed by atoms with E-state index in [4.69, 9.17) is 10.2 Å². The second-order valence-corrected chi connectivity index (χ2v) is 4.46. The van der Waals surface area contributed by atoms with Crippen molar-refractivity contribution in [2.75, 3.05) is 18.4 Å². The molecule has 8 nitrogen and oxygen atoms in total. The molecular weight excluding hydrogens is 280 g/mol. The highest BCUT2D eigenvalue weighted by Crippen LogP contribution is 2.23. The van der Waals surface area contributed by atoms with Crippen molar-refractivity contribution in [3.8, 4) is 5.75 Å². The van der Waals surface area contributed by atoms with Gasteiger partial charge < -0.3 is 20.6 Å². The molecule has 1 amide bonds. The van der Waals surface area contributed by atoms with E-state index in [-0.39, 0.29) is 18.2 Å². The first kappa shape index (κ1) is 16.4. The number of rotatable bonds is 7. The molecule has 21 heavy (non-hydrogen) atoms. The lowest BCUT2D eigenvalue weighted by atomic mass is 10.1. The van der Waals surface area contributed by atoms with Gasteiger partial charge in [-0.3, -0.25) is 19.3 Å². The van der Waals surface area contributed by atoms with Gasteiger partial charge in [0.15, 0.2) is 0 Å². The topological polar surface area (TPSA) is 127 Å². The Balaban J connectivity index is 2.92. The summed E-state index contributed by atoms with van der Waals surface area (Å²) in [4.78, 5) is 33.6. The van der Waals surface area contributed by atoms with E-state index in [0.717, 1.165) is 4.90 Å². The summed E-state index contributed by atoms with van der Waals surface area (Å²) >= 11 is 0. The number of aliphatic carboxylic acids is 2. The SMILES string of the molecule is CC(=O)Nc1ccc(O)c(CN(CC(=O)O)CC(=O)O)c1. The van der Waals surface area contributed by atoms with Crippen LogP contribution in [-0.2, 0) is 20.9 Å². The Bertz CT molecular complexity index is 542. The number of carbonyl (C=O) groups is 3. The molecule has 1 rings (SSSR count). The fourth-order valence-corrected chi connectivity index (χ4v) is 1.78. The van der Waals surface area contributed by atoms with Crippen LogP contribution in [0, 0.1) is 0 Å². The van der Waals surface area contributed by atoms with Crippen molar-refractivity contribution in [1.29, 1.82) is 0 Å². The monoisotopic (exact) mass is 296 g/mol. The van der Waals surface area contributed by atoms with Crippen LogP contribution in [0.4, 0.5) is 5.69 Å². The number of hydrogen-bond acceptors (Lipinski definition) is 5. The van der Waals surface area contributed by atoms with Gasteiger partial charge in [-0.05, 0) is 18.2 Å². The fraction of sp³-hybridized carbons (Fsp3) is 0.308. The van der Waals surface area contributed by atoms with Gasteiger partial charge >= 0.3 is 11.9 Å². The maximum absolute atomic E-state index is 11.0. The van der Waals surface area contributed by atoms with Crippen molar-refractivity contribution in [3.63, 3.8) is 0 Å². The minimum atomic E-state index is -1.17. The first-order valence-electron chi connectivity index (χ1n) is 6.03. The third-order valence-electron chi connectivity index (χ3n) is 2.51. The molecule has 1 aromatic carbocycles. The summed E-state index contributed by atoms with van der Waals surface area (Å²) in [5.41, 5.74) is 0.754. The number of carboxylic acid groups (broad SMARTS) is 2. The van der Waals surface area contributed by atoms with Gasteiger partial charge in [0.05, 0.1) is 13.1 Å². The average molecular weight is 296 g/mol. The predicted molar refractivity (Wildman–Crippen MR) is 73.0 cm³/mol. The maximum Gasteiger partial charge on any atom is 0.317 e. The highest BCUT2D eigenvalue weighted by atomic mass is 16.4. The quantitative estimate of drug-likeness (QED) is 0.534. The summed E-state index contributed by atoms with van der Waals surface area (Å²) in [6, 6.07) is 4.30. The molecule has 1 aromatic rings. The van der Waals surface area contributed by atoms with Crippen molar-refractivity contribution < 1.29 is 29.7 Å². The summed E-state index contributed by atoms with van der Waals surface area (Å²) in [5.74, 6) is -2.74. The Morgan fingerprint density at radius 1 is 1.14 bits per heavy atom. The van der Waals surface area contributed by atoms with Crippen LogP contribution in [0.25, 0.3) is 0 Å². The Kier molecular flexibility index (Phi) is 5.67. The van der Waals surface area contributed by atoms with Crippen molar-refractivity contribution >= 4 is 23.5 Å². The van der Waals surface area contributed by atoms with E-state index in [1.165, 1.54) is 25.1 Å². The van der Waals surface area contributed by atoms with Crippen LogP contribution in [0.1, 0.15) is 12.5 Å². The summed E-state index contributed by atoms with van der Waals surface area (Å²) in [6.45, 7) is 0.303. The van der Waals surface area contributed by atoms with Crippen molar-refractivity contribution in [3.05, 3.63) is 23.8 Å². The molecule has 0 heterocycles. The molecule has 4 N–H and O–H groups in total. The lowest BCUT2D eigenvalue weighted by Gasteiger charge is -2.19. The van der Waals surface area contributed by atoms with Crippen molar-refractivity contribution in [2.45, 2.75) is 13.5 Å². The van der Waals surface area contributed by atoms with Gasteiger partial charge in [-0.1, -0.05) is 0 Å². The normalized spacial score (nSPS) is 10.4. The average Bonchev–Trinajstić information content (AvgIpc) is 2.31. The minimum absolute atomic E-state index is 0.0716. The maximum atomic E-state index is 11.0. The molecular formula is C13H16N2O6. The molecule has 114 valence electrons. The number of amides is 1. The number of phenols is 1. The first-order valence-corrected chi connectivity index (χ1v) is 6.03. The fourth-order valence-electron chi connectivity index (χ4n) is 1.78. The van der Waals surface area contributed by atoms with E-state index in [0.29, 0.717) is 11.3 Å². The molecule has 0 aliphatic rings. The number of hydrogen-bond donors (Lipinski definition) is 4. The summed E-state index contributed by atoms with van der Waals surface area (Å²) in [5, 5.41) is 29.8. The molecule has 0 spiro atoms.